The third kappa shape index (κ3) is 3.24. The standard InChI is InChI=1S/C18H30O6/c19-15(13-11-21-17(23-13)7-3-1-4-8-17)16(20)14-12-22-18(24-14)9-5-2-6-10-18/h13-16,19-20H,1-12H2/t13-,14-,15+,16+/m0/s1. The first kappa shape index (κ1) is 17.2. The van der Waals surface area contributed by atoms with Crippen LogP contribution in [0.5, 0.6) is 0 Å². The Morgan fingerprint density at radius 1 is 0.625 bits per heavy atom. The van der Waals surface area contributed by atoms with Crippen molar-refractivity contribution in [3.05, 3.63) is 0 Å². The summed E-state index contributed by atoms with van der Waals surface area (Å²) in [6, 6.07) is 0. The molecule has 0 amide bonds. The molecule has 4 aliphatic rings. The summed E-state index contributed by atoms with van der Waals surface area (Å²) in [7, 11) is 0. The van der Waals surface area contributed by atoms with Crippen LogP contribution in [0.4, 0.5) is 0 Å². The van der Waals surface area contributed by atoms with E-state index in [0.717, 1.165) is 51.4 Å². The molecule has 2 N–H and O–H groups in total. The number of ether oxygens (including phenoxy) is 4. The summed E-state index contributed by atoms with van der Waals surface area (Å²) in [5.74, 6) is -1.08. The molecule has 6 heteroatoms. The maximum atomic E-state index is 10.6. The lowest BCUT2D eigenvalue weighted by Gasteiger charge is -2.34. The molecule has 0 aromatic carbocycles. The van der Waals surface area contributed by atoms with Gasteiger partial charge in [-0.15, -0.1) is 0 Å². The average Bonchev–Trinajstić information content (AvgIpc) is 3.20. The van der Waals surface area contributed by atoms with E-state index in [0.29, 0.717) is 13.2 Å². The van der Waals surface area contributed by atoms with Gasteiger partial charge in [-0.2, -0.15) is 0 Å². The van der Waals surface area contributed by atoms with Gasteiger partial charge in [0, 0.05) is 25.7 Å². The second kappa shape index (κ2) is 6.82. The summed E-state index contributed by atoms with van der Waals surface area (Å²) in [5, 5.41) is 21.2. The van der Waals surface area contributed by atoms with Crippen molar-refractivity contribution < 1.29 is 29.2 Å². The molecule has 2 aliphatic heterocycles. The van der Waals surface area contributed by atoms with E-state index >= 15 is 0 Å². The van der Waals surface area contributed by atoms with Crippen molar-refractivity contribution >= 4 is 0 Å². The number of hydrogen-bond donors (Lipinski definition) is 2. The molecule has 0 aromatic rings. The maximum absolute atomic E-state index is 10.6. The highest BCUT2D eigenvalue weighted by Crippen LogP contribution is 2.41. The van der Waals surface area contributed by atoms with E-state index in [9.17, 15) is 10.2 Å². The first-order chi connectivity index (χ1) is 11.6. The predicted molar refractivity (Wildman–Crippen MR) is 85.3 cm³/mol. The second-order valence-corrected chi connectivity index (χ2v) is 7.86. The van der Waals surface area contributed by atoms with Crippen LogP contribution in [0.3, 0.4) is 0 Å². The molecule has 2 aliphatic carbocycles. The summed E-state index contributed by atoms with van der Waals surface area (Å²) < 4.78 is 23.8. The topological polar surface area (TPSA) is 77.4 Å². The van der Waals surface area contributed by atoms with Gasteiger partial charge in [0.25, 0.3) is 0 Å². The van der Waals surface area contributed by atoms with Crippen molar-refractivity contribution in [3.8, 4) is 0 Å². The van der Waals surface area contributed by atoms with Crippen LogP contribution in [0.25, 0.3) is 0 Å². The molecule has 4 atom stereocenters. The highest BCUT2D eigenvalue weighted by atomic mass is 16.8. The zero-order valence-electron chi connectivity index (χ0n) is 14.3. The lowest BCUT2D eigenvalue weighted by Crippen LogP contribution is -2.48. The van der Waals surface area contributed by atoms with Gasteiger partial charge in [0.2, 0.25) is 0 Å². The van der Waals surface area contributed by atoms with E-state index in [-0.39, 0.29) is 0 Å². The Kier molecular flexibility index (Phi) is 4.88. The Morgan fingerprint density at radius 2 is 1.00 bits per heavy atom. The molecule has 0 radical (unpaired) electrons. The molecule has 0 aromatic heterocycles. The zero-order chi connectivity index (χ0) is 16.6. The van der Waals surface area contributed by atoms with Crippen molar-refractivity contribution in [1.29, 1.82) is 0 Å². The minimum Gasteiger partial charge on any atom is -0.387 e. The minimum atomic E-state index is -1.02. The molecule has 24 heavy (non-hydrogen) atoms. The second-order valence-electron chi connectivity index (χ2n) is 7.86. The fourth-order valence-electron chi connectivity index (χ4n) is 4.64. The maximum Gasteiger partial charge on any atom is 0.169 e. The Bertz CT molecular complexity index is 389. The summed E-state index contributed by atoms with van der Waals surface area (Å²) in [6.07, 6.45) is 7.25. The van der Waals surface area contributed by atoms with Gasteiger partial charge >= 0.3 is 0 Å². The van der Waals surface area contributed by atoms with E-state index in [1.54, 1.807) is 0 Å². The van der Waals surface area contributed by atoms with Crippen molar-refractivity contribution in [2.75, 3.05) is 13.2 Å². The Labute approximate surface area is 143 Å². The van der Waals surface area contributed by atoms with Gasteiger partial charge in [-0.25, -0.2) is 0 Å². The molecule has 4 rings (SSSR count). The predicted octanol–water partition coefficient (Wildman–Crippen LogP) is 1.86. The van der Waals surface area contributed by atoms with E-state index in [4.69, 9.17) is 18.9 Å². The molecular formula is C18H30O6. The molecule has 0 bridgehead atoms. The van der Waals surface area contributed by atoms with Crippen molar-refractivity contribution in [1.82, 2.24) is 0 Å². The van der Waals surface area contributed by atoms with Crippen LogP contribution in [0, 0.1) is 0 Å². The van der Waals surface area contributed by atoms with Gasteiger partial charge in [0.1, 0.15) is 24.4 Å². The molecule has 4 fully saturated rings. The summed E-state index contributed by atoms with van der Waals surface area (Å²) in [6.45, 7) is 0.661. The van der Waals surface area contributed by atoms with Gasteiger partial charge in [0.15, 0.2) is 11.6 Å². The smallest absolute Gasteiger partial charge is 0.169 e. The lowest BCUT2D eigenvalue weighted by atomic mass is 9.94. The molecular weight excluding hydrogens is 312 g/mol. The van der Waals surface area contributed by atoms with Gasteiger partial charge < -0.3 is 29.2 Å². The number of aliphatic hydroxyl groups excluding tert-OH is 2. The first-order valence-corrected chi connectivity index (χ1v) is 9.61. The van der Waals surface area contributed by atoms with Gasteiger partial charge in [0.05, 0.1) is 13.2 Å². The van der Waals surface area contributed by atoms with Crippen molar-refractivity contribution in [2.45, 2.75) is 100 Å². The molecule has 2 saturated carbocycles. The van der Waals surface area contributed by atoms with E-state index < -0.39 is 36.0 Å². The van der Waals surface area contributed by atoms with Crippen LogP contribution < -0.4 is 0 Å². The highest BCUT2D eigenvalue weighted by Gasteiger charge is 2.50. The van der Waals surface area contributed by atoms with E-state index in [1.165, 1.54) is 12.8 Å². The monoisotopic (exact) mass is 342 g/mol. The average molecular weight is 342 g/mol. The number of hydrogen-bond acceptors (Lipinski definition) is 6. The van der Waals surface area contributed by atoms with Crippen LogP contribution in [0.1, 0.15) is 64.2 Å². The quantitative estimate of drug-likeness (QED) is 0.815. The number of rotatable bonds is 3. The Balaban J connectivity index is 1.34. The largest absolute Gasteiger partial charge is 0.387 e. The zero-order valence-corrected chi connectivity index (χ0v) is 14.3. The summed E-state index contributed by atoms with van der Waals surface area (Å²) >= 11 is 0. The molecule has 6 nitrogen and oxygen atoms in total. The minimum absolute atomic E-state index is 0.330. The van der Waals surface area contributed by atoms with Crippen LogP contribution in [0.2, 0.25) is 0 Å². The van der Waals surface area contributed by atoms with Gasteiger partial charge in [-0.3, -0.25) is 0 Å². The van der Waals surface area contributed by atoms with Crippen molar-refractivity contribution in [3.63, 3.8) is 0 Å². The third-order valence-electron chi connectivity index (χ3n) is 6.10. The molecule has 2 saturated heterocycles. The molecule has 2 heterocycles. The summed E-state index contributed by atoms with van der Waals surface area (Å²) in [5.41, 5.74) is 0. The third-order valence-corrected chi connectivity index (χ3v) is 6.10. The Hall–Kier alpha value is -0.240. The first-order valence-electron chi connectivity index (χ1n) is 9.61. The Morgan fingerprint density at radius 3 is 1.38 bits per heavy atom. The number of aliphatic hydroxyl groups is 2. The van der Waals surface area contributed by atoms with Crippen LogP contribution in [-0.4, -0.2) is 59.4 Å². The van der Waals surface area contributed by atoms with Crippen LogP contribution in [0.15, 0.2) is 0 Å². The molecule has 138 valence electrons. The van der Waals surface area contributed by atoms with Crippen LogP contribution in [-0.2, 0) is 18.9 Å². The van der Waals surface area contributed by atoms with E-state index in [2.05, 4.69) is 0 Å². The van der Waals surface area contributed by atoms with Gasteiger partial charge in [-0.1, -0.05) is 12.8 Å². The normalized spacial score (nSPS) is 37.8. The SMILES string of the molecule is O[C@@H]([C@H](O)[C@@H]1COC2(CCCCC2)O1)[C@@H]1COC2(CCCCC2)O1. The van der Waals surface area contributed by atoms with Crippen molar-refractivity contribution in [2.24, 2.45) is 0 Å². The summed E-state index contributed by atoms with van der Waals surface area (Å²) in [4.78, 5) is 0. The lowest BCUT2D eigenvalue weighted by molar-refractivity contribution is -0.217. The van der Waals surface area contributed by atoms with E-state index in [1.807, 2.05) is 0 Å². The fourth-order valence-corrected chi connectivity index (χ4v) is 4.64. The highest BCUT2D eigenvalue weighted by molar-refractivity contribution is 4.93. The van der Waals surface area contributed by atoms with Crippen LogP contribution >= 0.6 is 0 Å². The molecule has 0 unspecified atom stereocenters. The molecule has 2 spiro atoms. The van der Waals surface area contributed by atoms with Gasteiger partial charge in [-0.05, 0) is 25.7 Å². The fraction of sp³-hybridized carbons (Fsp3) is 1.00.